The van der Waals surface area contributed by atoms with Gasteiger partial charge in [-0.25, -0.2) is 0 Å². The standard InChI is InChI=1S/C5H6O2/c1-2-5-4(1)6-3-7-5/h1-2,4-5H,3H2/t4-,5+. The van der Waals surface area contributed by atoms with E-state index in [1.54, 1.807) is 0 Å². The van der Waals surface area contributed by atoms with E-state index in [1.165, 1.54) is 0 Å². The van der Waals surface area contributed by atoms with Crippen LogP contribution < -0.4 is 0 Å². The van der Waals surface area contributed by atoms with Gasteiger partial charge in [0.25, 0.3) is 0 Å². The van der Waals surface area contributed by atoms with Crippen molar-refractivity contribution in [2.45, 2.75) is 12.2 Å². The zero-order chi connectivity index (χ0) is 4.69. The predicted octanol–water partition coefficient (Wildman–Crippen LogP) is 0.298. The predicted molar refractivity (Wildman–Crippen MR) is 23.8 cm³/mol. The molecule has 2 atom stereocenters. The molecule has 0 N–H and O–H groups in total. The molecule has 0 saturated carbocycles. The van der Waals surface area contributed by atoms with Gasteiger partial charge in [0, 0.05) is 0 Å². The van der Waals surface area contributed by atoms with Gasteiger partial charge in [0.1, 0.15) is 19.0 Å². The van der Waals surface area contributed by atoms with Gasteiger partial charge in [-0.1, -0.05) is 12.2 Å². The fourth-order valence-corrected chi connectivity index (χ4v) is 0.790. The molecular weight excluding hydrogens is 92.1 g/mol. The molecule has 1 saturated heterocycles. The fourth-order valence-electron chi connectivity index (χ4n) is 0.790. The summed E-state index contributed by atoms with van der Waals surface area (Å²) in [5, 5.41) is 0. The van der Waals surface area contributed by atoms with Crippen LogP contribution in [0.25, 0.3) is 0 Å². The molecule has 0 aromatic rings. The topological polar surface area (TPSA) is 18.5 Å². The first-order chi connectivity index (χ1) is 3.47. The van der Waals surface area contributed by atoms with E-state index in [-0.39, 0.29) is 0 Å². The summed E-state index contributed by atoms with van der Waals surface area (Å²) < 4.78 is 10.1. The highest BCUT2D eigenvalue weighted by Gasteiger charge is 2.30. The molecule has 2 rings (SSSR count). The molecule has 0 aromatic carbocycles. The van der Waals surface area contributed by atoms with E-state index in [4.69, 9.17) is 9.47 Å². The van der Waals surface area contributed by atoms with Crippen molar-refractivity contribution >= 4 is 0 Å². The molecule has 2 aliphatic rings. The maximum absolute atomic E-state index is 5.04. The van der Waals surface area contributed by atoms with Gasteiger partial charge in [-0.2, -0.15) is 0 Å². The third-order valence-corrected chi connectivity index (χ3v) is 1.34. The van der Waals surface area contributed by atoms with Gasteiger partial charge in [-0.15, -0.1) is 0 Å². The minimum Gasteiger partial charge on any atom is -0.345 e. The molecule has 2 heteroatoms. The van der Waals surface area contributed by atoms with Crippen LogP contribution in [-0.2, 0) is 9.47 Å². The quantitative estimate of drug-likeness (QED) is 0.405. The van der Waals surface area contributed by atoms with Crippen LogP contribution in [0.15, 0.2) is 12.2 Å². The van der Waals surface area contributed by atoms with E-state index >= 15 is 0 Å². The molecule has 1 aliphatic heterocycles. The Bertz CT molecular complexity index is 96.6. The summed E-state index contributed by atoms with van der Waals surface area (Å²) in [5.41, 5.74) is 0. The van der Waals surface area contributed by atoms with Crippen LogP contribution in [0.1, 0.15) is 0 Å². The highest BCUT2D eigenvalue weighted by Crippen LogP contribution is 2.22. The Balaban J connectivity index is 2.17. The molecule has 1 fully saturated rings. The summed E-state index contributed by atoms with van der Waals surface area (Å²) >= 11 is 0. The van der Waals surface area contributed by atoms with Crippen LogP contribution in [-0.4, -0.2) is 19.0 Å². The highest BCUT2D eigenvalue weighted by molar-refractivity contribution is 5.14. The SMILES string of the molecule is C1=C[C@H]2OCO[C@@H]12. The summed E-state index contributed by atoms with van der Waals surface area (Å²) in [6.07, 6.45) is 4.61. The van der Waals surface area contributed by atoms with Crippen molar-refractivity contribution < 1.29 is 9.47 Å². The number of rotatable bonds is 0. The van der Waals surface area contributed by atoms with Crippen molar-refractivity contribution in [2.24, 2.45) is 0 Å². The zero-order valence-electron chi connectivity index (χ0n) is 3.83. The summed E-state index contributed by atoms with van der Waals surface area (Å²) in [6, 6.07) is 0. The lowest BCUT2D eigenvalue weighted by molar-refractivity contribution is 0.0540. The smallest absolute Gasteiger partial charge is 0.148 e. The molecule has 0 bridgehead atoms. The van der Waals surface area contributed by atoms with Crippen molar-refractivity contribution in [3.8, 4) is 0 Å². The van der Waals surface area contributed by atoms with Crippen LogP contribution in [0.2, 0.25) is 0 Å². The number of hydrogen-bond donors (Lipinski definition) is 0. The maximum Gasteiger partial charge on any atom is 0.148 e. The molecule has 38 valence electrons. The number of hydrogen-bond acceptors (Lipinski definition) is 2. The Morgan fingerprint density at radius 3 is 2.00 bits per heavy atom. The van der Waals surface area contributed by atoms with Crippen molar-refractivity contribution in [2.75, 3.05) is 6.79 Å². The van der Waals surface area contributed by atoms with Crippen molar-refractivity contribution in [1.82, 2.24) is 0 Å². The summed E-state index contributed by atoms with van der Waals surface area (Å²) in [5.74, 6) is 0. The van der Waals surface area contributed by atoms with Crippen molar-refractivity contribution in [3.05, 3.63) is 12.2 Å². The number of fused-ring (bicyclic) bond motifs is 1. The molecule has 0 radical (unpaired) electrons. The maximum atomic E-state index is 5.04. The third-order valence-electron chi connectivity index (χ3n) is 1.34. The van der Waals surface area contributed by atoms with Crippen LogP contribution in [0.4, 0.5) is 0 Å². The van der Waals surface area contributed by atoms with Gasteiger partial charge >= 0.3 is 0 Å². The molecule has 2 nitrogen and oxygen atoms in total. The second kappa shape index (κ2) is 1.08. The molecule has 0 aromatic heterocycles. The van der Waals surface area contributed by atoms with E-state index < -0.39 is 0 Å². The summed E-state index contributed by atoms with van der Waals surface area (Å²) in [7, 11) is 0. The first-order valence-electron chi connectivity index (χ1n) is 2.38. The zero-order valence-corrected chi connectivity index (χ0v) is 3.83. The fraction of sp³-hybridized carbons (Fsp3) is 0.600. The van der Waals surface area contributed by atoms with Crippen LogP contribution in [0.3, 0.4) is 0 Å². The highest BCUT2D eigenvalue weighted by atomic mass is 16.7. The van der Waals surface area contributed by atoms with Gasteiger partial charge in [0.15, 0.2) is 0 Å². The van der Waals surface area contributed by atoms with E-state index in [0.29, 0.717) is 19.0 Å². The Morgan fingerprint density at radius 1 is 1.14 bits per heavy atom. The van der Waals surface area contributed by atoms with E-state index in [9.17, 15) is 0 Å². The van der Waals surface area contributed by atoms with Gasteiger partial charge in [-0.05, 0) is 0 Å². The first kappa shape index (κ1) is 3.64. The van der Waals surface area contributed by atoms with Crippen LogP contribution in [0.5, 0.6) is 0 Å². The lowest BCUT2D eigenvalue weighted by Gasteiger charge is -2.16. The Hall–Kier alpha value is -0.340. The van der Waals surface area contributed by atoms with Crippen LogP contribution in [0, 0.1) is 0 Å². The summed E-state index contributed by atoms with van der Waals surface area (Å²) in [6.45, 7) is 0.475. The van der Waals surface area contributed by atoms with E-state index in [0.717, 1.165) is 0 Å². The lowest BCUT2D eigenvalue weighted by Crippen LogP contribution is -2.25. The van der Waals surface area contributed by atoms with Gasteiger partial charge in [0.2, 0.25) is 0 Å². The van der Waals surface area contributed by atoms with E-state index in [1.807, 2.05) is 12.2 Å². The molecule has 0 amide bonds. The third kappa shape index (κ3) is 0.353. The monoisotopic (exact) mass is 98.0 g/mol. The average Bonchev–Trinajstić information content (AvgIpc) is 1.85. The Kier molecular flexibility index (Phi) is 0.562. The molecular formula is C5H6O2. The largest absolute Gasteiger partial charge is 0.345 e. The molecule has 1 heterocycles. The van der Waals surface area contributed by atoms with Gasteiger partial charge in [-0.3, -0.25) is 0 Å². The molecule has 7 heavy (non-hydrogen) atoms. The normalized spacial score (nSPS) is 45.7. The molecule has 1 aliphatic carbocycles. The number of ether oxygens (including phenoxy) is 2. The van der Waals surface area contributed by atoms with E-state index in [2.05, 4.69) is 0 Å². The van der Waals surface area contributed by atoms with Gasteiger partial charge in [0.05, 0.1) is 0 Å². The molecule has 0 spiro atoms. The van der Waals surface area contributed by atoms with Crippen molar-refractivity contribution in [1.29, 1.82) is 0 Å². The first-order valence-corrected chi connectivity index (χ1v) is 2.38. The summed E-state index contributed by atoms with van der Waals surface area (Å²) in [4.78, 5) is 0. The van der Waals surface area contributed by atoms with Crippen molar-refractivity contribution in [3.63, 3.8) is 0 Å². The minimum absolute atomic E-state index is 0.292. The van der Waals surface area contributed by atoms with Gasteiger partial charge < -0.3 is 9.47 Å². The second-order valence-electron chi connectivity index (χ2n) is 1.77. The average molecular weight is 98.1 g/mol. The Labute approximate surface area is 41.7 Å². The lowest BCUT2D eigenvalue weighted by atomic mass is 10.0. The second-order valence-corrected chi connectivity index (χ2v) is 1.77. The molecule has 0 unspecified atom stereocenters. The van der Waals surface area contributed by atoms with Crippen LogP contribution >= 0.6 is 0 Å². The Morgan fingerprint density at radius 2 is 1.71 bits per heavy atom. The minimum atomic E-state index is 0.292.